The molecule has 2 N–H and O–H groups in total. The third kappa shape index (κ3) is 3.56. The molecule has 1 aromatic rings. The van der Waals surface area contributed by atoms with Gasteiger partial charge in [0.15, 0.2) is 0 Å². The van der Waals surface area contributed by atoms with Crippen molar-refractivity contribution in [1.29, 1.82) is 5.26 Å². The van der Waals surface area contributed by atoms with Crippen LogP contribution in [0.4, 0.5) is 10.5 Å². The van der Waals surface area contributed by atoms with Crippen molar-refractivity contribution in [1.82, 2.24) is 10.2 Å². The minimum atomic E-state index is -0.253. The first-order valence-corrected chi connectivity index (χ1v) is 7.65. The number of nitrogens with zero attached hydrogens (tertiary/aromatic N) is 2. The molecule has 3 rings (SSSR count). The summed E-state index contributed by atoms with van der Waals surface area (Å²) in [6, 6.07) is 9.14. The smallest absolute Gasteiger partial charge is 0.319 e. The van der Waals surface area contributed by atoms with Crippen molar-refractivity contribution in [3.05, 3.63) is 29.8 Å². The molecule has 2 fully saturated rings. The van der Waals surface area contributed by atoms with Gasteiger partial charge in [-0.2, -0.15) is 5.26 Å². The lowest BCUT2D eigenvalue weighted by Gasteiger charge is -2.35. The van der Waals surface area contributed by atoms with E-state index in [4.69, 9.17) is 10.00 Å². The number of nitrogens with one attached hydrogen (secondary N) is 2. The fraction of sp³-hybridized carbons (Fsp3) is 0.500. The zero-order valence-corrected chi connectivity index (χ0v) is 12.4. The lowest BCUT2D eigenvalue weighted by molar-refractivity contribution is -0.0456. The molecule has 2 heterocycles. The Morgan fingerprint density at radius 2 is 2.23 bits per heavy atom. The molecule has 2 aliphatic heterocycles. The quantitative estimate of drug-likeness (QED) is 0.887. The molecule has 1 aromatic carbocycles. The number of rotatable bonds is 3. The maximum atomic E-state index is 11.9. The molecule has 0 saturated carbocycles. The van der Waals surface area contributed by atoms with Gasteiger partial charge >= 0.3 is 6.03 Å². The average molecular weight is 300 g/mol. The zero-order chi connectivity index (χ0) is 15.4. The van der Waals surface area contributed by atoms with E-state index in [9.17, 15) is 4.79 Å². The highest BCUT2D eigenvalue weighted by Gasteiger charge is 2.32. The van der Waals surface area contributed by atoms with Gasteiger partial charge in [0.1, 0.15) is 0 Å². The molecule has 2 aliphatic rings. The van der Waals surface area contributed by atoms with Crippen LogP contribution >= 0.6 is 0 Å². The van der Waals surface area contributed by atoms with Crippen LogP contribution in [-0.2, 0) is 4.74 Å². The van der Waals surface area contributed by atoms with Gasteiger partial charge in [0.2, 0.25) is 0 Å². The van der Waals surface area contributed by atoms with Crippen LogP contribution in [-0.4, -0.2) is 49.3 Å². The van der Waals surface area contributed by atoms with Gasteiger partial charge < -0.3 is 15.4 Å². The molecule has 0 aromatic heterocycles. The fourth-order valence-corrected chi connectivity index (χ4v) is 3.02. The Morgan fingerprint density at radius 3 is 3.00 bits per heavy atom. The number of amides is 2. The molecule has 0 radical (unpaired) electrons. The first-order valence-electron chi connectivity index (χ1n) is 7.65. The Hall–Kier alpha value is -2.10. The van der Waals surface area contributed by atoms with Gasteiger partial charge in [-0.25, -0.2) is 4.79 Å². The Bertz CT molecular complexity index is 567. The predicted octanol–water partition coefficient (Wildman–Crippen LogP) is 1.54. The van der Waals surface area contributed by atoms with Gasteiger partial charge in [0.25, 0.3) is 0 Å². The maximum Gasteiger partial charge on any atom is 0.319 e. The molecule has 2 amide bonds. The summed E-state index contributed by atoms with van der Waals surface area (Å²) in [5, 5.41) is 14.3. The van der Waals surface area contributed by atoms with Crippen LogP contribution in [0.1, 0.15) is 18.4 Å². The van der Waals surface area contributed by atoms with E-state index in [1.165, 1.54) is 12.8 Å². The van der Waals surface area contributed by atoms with Gasteiger partial charge in [-0.3, -0.25) is 4.90 Å². The lowest BCUT2D eigenvalue weighted by atomic mass is 10.2. The van der Waals surface area contributed by atoms with Crippen molar-refractivity contribution in [2.75, 3.05) is 31.6 Å². The highest BCUT2D eigenvalue weighted by atomic mass is 16.5. The van der Waals surface area contributed by atoms with Gasteiger partial charge in [-0.05, 0) is 43.7 Å². The Kier molecular flexibility index (Phi) is 4.56. The van der Waals surface area contributed by atoms with E-state index < -0.39 is 0 Å². The molecule has 6 nitrogen and oxygen atoms in total. The van der Waals surface area contributed by atoms with Crippen LogP contribution in [0.3, 0.4) is 0 Å². The maximum absolute atomic E-state index is 11.9. The summed E-state index contributed by atoms with van der Waals surface area (Å²) in [4.78, 5) is 14.3. The first-order chi connectivity index (χ1) is 10.7. The second-order valence-corrected chi connectivity index (χ2v) is 5.77. The molecule has 0 bridgehead atoms. The Morgan fingerprint density at radius 1 is 1.41 bits per heavy atom. The standard InChI is InChI=1S/C16H20N4O2/c17-8-12-3-5-13(6-4-12)19-16(21)18-9-15-10-20-7-1-2-14(20)11-22-15/h3-6,14-15H,1-2,7,9-11H2,(H2,18,19,21)/t14-,15+/m1/s1. The van der Waals surface area contributed by atoms with Gasteiger partial charge in [-0.1, -0.05) is 0 Å². The Balaban J connectivity index is 1.43. The minimum Gasteiger partial charge on any atom is -0.373 e. The molecule has 6 heteroatoms. The van der Waals surface area contributed by atoms with E-state index in [0.29, 0.717) is 23.8 Å². The van der Waals surface area contributed by atoms with Crippen molar-refractivity contribution in [3.8, 4) is 6.07 Å². The molecule has 116 valence electrons. The summed E-state index contributed by atoms with van der Waals surface area (Å²) >= 11 is 0. The number of anilines is 1. The van der Waals surface area contributed by atoms with E-state index in [1.54, 1.807) is 24.3 Å². The second-order valence-electron chi connectivity index (χ2n) is 5.77. The molecule has 2 atom stereocenters. The van der Waals surface area contributed by atoms with E-state index in [1.807, 2.05) is 6.07 Å². The van der Waals surface area contributed by atoms with E-state index in [0.717, 1.165) is 19.7 Å². The topological polar surface area (TPSA) is 77.4 Å². The Labute approximate surface area is 130 Å². The first kappa shape index (κ1) is 14.8. The third-order valence-corrected chi connectivity index (χ3v) is 4.22. The van der Waals surface area contributed by atoms with Crippen molar-refractivity contribution < 1.29 is 9.53 Å². The molecule has 22 heavy (non-hydrogen) atoms. The summed E-state index contributed by atoms with van der Waals surface area (Å²) in [7, 11) is 0. The number of urea groups is 1. The molecular weight excluding hydrogens is 280 g/mol. The van der Waals surface area contributed by atoms with Crippen LogP contribution in [0.25, 0.3) is 0 Å². The summed E-state index contributed by atoms with van der Waals surface area (Å²) in [5.74, 6) is 0. The van der Waals surface area contributed by atoms with Crippen LogP contribution in [0, 0.1) is 11.3 Å². The molecule has 2 saturated heterocycles. The van der Waals surface area contributed by atoms with Crippen molar-refractivity contribution in [2.45, 2.75) is 25.0 Å². The summed E-state index contributed by atoms with van der Waals surface area (Å²) in [6.07, 6.45) is 2.52. The van der Waals surface area contributed by atoms with Gasteiger partial charge in [-0.15, -0.1) is 0 Å². The zero-order valence-electron chi connectivity index (χ0n) is 12.4. The largest absolute Gasteiger partial charge is 0.373 e. The van der Waals surface area contributed by atoms with E-state index in [2.05, 4.69) is 15.5 Å². The summed E-state index contributed by atoms with van der Waals surface area (Å²) < 4.78 is 5.80. The number of hydrogen-bond acceptors (Lipinski definition) is 4. The van der Waals surface area contributed by atoms with Gasteiger partial charge in [0.05, 0.1) is 24.3 Å². The van der Waals surface area contributed by atoms with Crippen molar-refractivity contribution in [3.63, 3.8) is 0 Å². The normalized spacial score (nSPS) is 24.3. The fourth-order valence-electron chi connectivity index (χ4n) is 3.02. The molecule has 0 unspecified atom stereocenters. The number of morpholine rings is 1. The number of benzene rings is 1. The van der Waals surface area contributed by atoms with E-state index >= 15 is 0 Å². The van der Waals surface area contributed by atoms with Crippen LogP contribution in [0.2, 0.25) is 0 Å². The number of ether oxygens (including phenoxy) is 1. The van der Waals surface area contributed by atoms with Crippen molar-refractivity contribution >= 4 is 11.7 Å². The number of carbonyl (C=O) groups excluding carboxylic acids is 1. The SMILES string of the molecule is N#Cc1ccc(NC(=O)NC[C@H]2CN3CCC[C@@H]3CO2)cc1. The van der Waals surface area contributed by atoms with E-state index in [-0.39, 0.29) is 12.1 Å². The monoisotopic (exact) mass is 300 g/mol. The number of fused-ring (bicyclic) bond motifs is 1. The number of hydrogen-bond donors (Lipinski definition) is 2. The second kappa shape index (κ2) is 6.77. The molecule has 0 spiro atoms. The molecular formula is C16H20N4O2. The predicted molar refractivity (Wildman–Crippen MR) is 82.5 cm³/mol. The highest BCUT2D eigenvalue weighted by molar-refractivity contribution is 5.89. The van der Waals surface area contributed by atoms with Crippen LogP contribution < -0.4 is 10.6 Å². The van der Waals surface area contributed by atoms with Gasteiger partial charge in [0, 0.05) is 24.8 Å². The van der Waals surface area contributed by atoms with Crippen LogP contribution in [0.5, 0.6) is 0 Å². The highest BCUT2D eigenvalue weighted by Crippen LogP contribution is 2.22. The minimum absolute atomic E-state index is 0.0565. The lowest BCUT2D eigenvalue weighted by Crippen LogP contribution is -2.50. The number of carbonyl (C=O) groups is 1. The summed E-state index contributed by atoms with van der Waals surface area (Å²) in [6.45, 7) is 3.30. The average Bonchev–Trinajstić information content (AvgIpc) is 3.01. The third-order valence-electron chi connectivity index (χ3n) is 4.22. The van der Waals surface area contributed by atoms with Crippen molar-refractivity contribution in [2.24, 2.45) is 0 Å². The number of nitriles is 1. The van der Waals surface area contributed by atoms with Crippen LogP contribution in [0.15, 0.2) is 24.3 Å². The summed E-state index contributed by atoms with van der Waals surface area (Å²) in [5.41, 5.74) is 1.24. The molecule has 0 aliphatic carbocycles.